The molecule has 1 amide bonds. The molecule has 1 aromatic carbocycles. The Balaban J connectivity index is 1.60. The van der Waals surface area contributed by atoms with E-state index in [0.29, 0.717) is 19.8 Å². The highest BCUT2D eigenvalue weighted by molar-refractivity contribution is 7.09. The van der Waals surface area contributed by atoms with Gasteiger partial charge >= 0.3 is 0 Å². The molecule has 1 aromatic heterocycles. The lowest BCUT2D eigenvalue weighted by molar-refractivity contribution is -0.125. The molecule has 6 heteroatoms. The maximum absolute atomic E-state index is 12.9. The molecule has 2 heterocycles. The molecule has 1 fully saturated rings. The number of aromatic nitrogens is 1. The van der Waals surface area contributed by atoms with Gasteiger partial charge in [0.05, 0.1) is 24.8 Å². The van der Waals surface area contributed by atoms with Crippen molar-refractivity contribution >= 4 is 17.2 Å². The largest absolute Gasteiger partial charge is 0.381 e. The summed E-state index contributed by atoms with van der Waals surface area (Å²) in [6.07, 6.45) is 0.782. The average molecular weight is 306 g/mol. The molecule has 0 aliphatic carbocycles. The SMILES string of the molecule is O=C(NCc1nc(-c2ccc(F)cc2)cs1)[C@@H]1CCOC1. The molecule has 0 unspecified atom stereocenters. The second kappa shape index (κ2) is 6.32. The average Bonchev–Trinajstić information content (AvgIpc) is 3.17. The van der Waals surface area contributed by atoms with Gasteiger partial charge in [-0.25, -0.2) is 9.37 Å². The lowest BCUT2D eigenvalue weighted by atomic mass is 10.1. The maximum Gasteiger partial charge on any atom is 0.225 e. The molecule has 3 rings (SSSR count). The fourth-order valence-electron chi connectivity index (χ4n) is 2.19. The standard InChI is InChI=1S/C15H15FN2O2S/c16-12-3-1-10(2-4-12)13-9-21-14(18-13)7-17-15(19)11-5-6-20-8-11/h1-4,9,11H,5-8H2,(H,17,19)/t11-/m1/s1. The number of nitrogens with one attached hydrogen (secondary N) is 1. The highest BCUT2D eigenvalue weighted by Gasteiger charge is 2.23. The van der Waals surface area contributed by atoms with Gasteiger partial charge in [0, 0.05) is 17.6 Å². The van der Waals surface area contributed by atoms with Gasteiger partial charge in [0.25, 0.3) is 0 Å². The van der Waals surface area contributed by atoms with Crippen LogP contribution in [0.25, 0.3) is 11.3 Å². The van der Waals surface area contributed by atoms with Crippen LogP contribution in [0.1, 0.15) is 11.4 Å². The number of carbonyl (C=O) groups excluding carboxylic acids is 1. The van der Waals surface area contributed by atoms with E-state index in [0.717, 1.165) is 22.7 Å². The van der Waals surface area contributed by atoms with Crippen LogP contribution in [0.15, 0.2) is 29.6 Å². The normalized spacial score (nSPS) is 17.9. The van der Waals surface area contributed by atoms with E-state index in [-0.39, 0.29) is 17.6 Å². The summed E-state index contributed by atoms with van der Waals surface area (Å²) in [5.74, 6) is -0.284. The number of hydrogen-bond acceptors (Lipinski definition) is 4. The molecule has 1 aliphatic heterocycles. The summed E-state index contributed by atoms with van der Waals surface area (Å²) < 4.78 is 18.1. The van der Waals surface area contributed by atoms with Crippen LogP contribution in [0.3, 0.4) is 0 Å². The van der Waals surface area contributed by atoms with Gasteiger partial charge < -0.3 is 10.1 Å². The Bertz CT molecular complexity index is 621. The van der Waals surface area contributed by atoms with Crippen LogP contribution in [-0.4, -0.2) is 24.1 Å². The summed E-state index contributed by atoms with van der Waals surface area (Å²) in [4.78, 5) is 16.3. The van der Waals surface area contributed by atoms with Gasteiger partial charge in [0.2, 0.25) is 5.91 Å². The van der Waals surface area contributed by atoms with E-state index in [4.69, 9.17) is 4.74 Å². The van der Waals surface area contributed by atoms with Crippen molar-refractivity contribution < 1.29 is 13.9 Å². The summed E-state index contributed by atoms with van der Waals surface area (Å²) in [6, 6.07) is 6.22. The number of benzene rings is 1. The molecule has 2 aromatic rings. The summed E-state index contributed by atoms with van der Waals surface area (Å²) in [5, 5.41) is 5.63. The van der Waals surface area contributed by atoms with Gasteiger partial charge in [-0.2, -0.15) is 0 Å². The molecule has 1 N–H and O–H groups in total. The lowest BCUT2D eigenvalue weighted by Crippen LogP contribution is -2.30. The molecule has 0 saturated carbocycles. The maximum atomic E-state index is 12.9. The van der Waals surface area contributed by atoms with Gasteiger partial charge in [-0.15, -0.1) is 11.3 Å². The molecule has 0 spiro atoms. The highest BCUT2D eigenvalue weighted by atomic mass is 32.1. The third-order valence-corrected chi connectivity index (χ3v) is 4.25. The van der Waals surface area contributed by atoms with E-state index < -0.39 is 0 Å². The second-order valence-corrected chi connectivity index (χ2v) is 5.85. The van der Waals surface area contributed by atoms with Gasteiger partial charge in [-0.05, 0) is 30.7 Å². The van der Waals surface area contributed by atoms with Crippen molar-refractivity contribution in [1.29, 1.82) is 0 Å². The van der Waals surface area contributed by atoms with Crippen molar-refractivity contribution in [3.05, 3.63) is 40.5 Å². The van der Waals surface area contributed by atoms with Crippen LogP contribution < -0.4 is 5.32 Å². The quantitative estimate of drug-likeness (QED) is 0.944. The predicted molar refractivity (Wildman–Crippen MR) is 78.3 cm³/mol. The van der Waals surface area contributed by atoms with E-state index in [1.807, 2.05) is 5.38 Å². The molecule has 1 aliphatic rings. The van der Waals surface area contributed by atoms with E-state index in [2.05, 4.69) is 10.3 Å². The molecule has 1 atom stereocenters. The number of nitrogens with zero attached hydrogens (tertiary/aromatic N) is 1. The molecule has 110 valence electrons. The second-order valence-electron chi connectivity index (χ2n) is 4.91. The number of ether oxygens (including phenoxy) is 1. The Morgan fingerprint density at radius 1 is 1.43 bits per heavy atom. The van der Waals surface area contributed by atoms with Crippen LogP contribution in [-0.2, 0) is 16.1 Å². The molecular weight excluding hydrogens is 291 g/mol. The topological polar surface area (TPSA) is 51.2 Å². The zero-order valence-corrected chi connectivity index (χ0v) is 12.2. The van der Waals surface area contributed by atoms with E-state index in [9.17, 15) is 9.18 Å². The van der Waals surface area contributed by atoms with E-state index >= 15 is 0 Å². The van der Waals surface area contributed by atoms with Crippen LogP contribution in [0.4, 0.5) is 4.39 Å². The Morgan fingerprint density at radius 2 is 2.24 bits per heavy atom. The Morgan fingerprint density at radius 3 is 2.95 bits per heavy atom. The lowest BCUT2D eigenvalue weighted by Gasteiger charge is -2.07. The molecule has 1 saturated heterocycles. The minimum absolute atomic E-state index is 0.0195. The fraction of sp³-hybridized carbons (Fsp3) is 0.333. The van der Waals surface area contributed by atoms with Gasteiger partial charge in [0.1, 0.15) is 10.8 Å². The number of hydrogen-bond donors (Lipinski definition) is 1. The van der Waals surface area contributed by atoms with E-state index in [1.165, 1.54) is 23.5 Å². The molecule has 0 radical (unpaired) electrons. The summed E-state index contributed by atoms with van der Waals surface area (Å²) >= 11 is 1.48. The smallest absolute Gasteiger partial charge is 0.225 e. The van der Waals surface area contributed by atoms with Crippen LogP contribution in [0.5, 0.6) is 0 Å². The monoisotopic (exact) mass is 306 g/mol. The number of amides is 1. The van der Waals surface area contributed by atoms with Crippen LogP contribution in [0, 0.1) is 11.7 Å². The number of carbonyl (C=O) groups is 1. The molecular formula is C15H15FN2O2S. The minimum Gasteiger partial charge on any atom is -0.381 e. The first kappa shape index (κ1) is 14.2. The summed E-state index contributed by atoms with van der Waals surface area (Å²) in [6.45, 7) is 1.58. The molecule has 4 nitrogen and oxygen atoms in total. The third-order valence-electron chi connectivity index (χ3n) is 3.41. The number of rotatable bonds is 4. The predicted octanol–water partition coefficient (Wildman–Crippen LogP) is 2.60. The third kappa shape index (κ3) is 3.46. The zero-order chi connectivity index (χ0) is 14.7. The fourth-order valence-corrected chi connectivity index (χ4v) is 2.94. The molecule has 0 bridgehead atoms. The number of halogens is 1. The Hall–Kier alpha value is -1.79. The first-order valence-electron chi connectivity index (χ1n) is 6.78. The minimum atomic E-state index is -0.264. The van der Waals surface area contributed by atoms with Crippen molar-refractivity contribution in [3.8, 4) is 11.3 Å². The zero-order valence-electron chi connectivity index (χ0n) is 11.3. The summed E-state index contributed by atoms with van der Waals surface area (Å²) in [7, 11) is 0. The van der Waals surface area contributed by atoms with Crippen LogP contribution in [0.2, 0.25) is 0 Å². The van der Waals surface area contributed by atoms with Gasteiger partial charge in [-0.3, -0.25) is 4.79 Å². The Kier molecular flexibility index (Phi) is 4.26. The number of thiazole rings is 1. The Labute approximate surface area is 126 Å². The highest BCUT2D eigenvalue weighted by Crippen LogP contribution is 2.22. The van der Waals surface area contributed by atoms with Crippen molar-refractivity contribution in [3.63, 3.8) is 0 Å². The van der Waals surface area contributed by atoms with Crippen molar-refractivity contribution in [1.82, 2.24) is 10.3 Å². The van der Waals surface area contributed by atoms with Crippen molar-refractivity contribution in [2.24, 2.45) is 5.92 Å². The van der Waals surface area contributed by atoms with Crippen molar-refractivity contribution in [2.75, 3.05) is 13.2 Å². The first-order chi connectivity index (χ1) is 10.2. The van der Waals surface area contributed by atoms with E-state index in [1.54, 1.807) is 12.1 Å². The van der Waals surface area contributed by atoms with Gasteiger partial charge in [-0.1, -0.05) is 0 Å². The van der Waals surface area contributed by atoms with Crippen LogP contribution >= 0.6 is 11.3 Å². The molecule has 21 heavy (non-hydrogen) atoms. The first-order valence-corrected chi connectivity index (χ1v) is 7.66. The van der Waals surface area contributed by atoms with Crippen molar-refractivity contribution in [2.45, 2.75) is 13.0 Å². The van der Waals surface area contributed by atoms with Gasteiger partial charge in [0.15, 0.2) is 0 Å². The summed E-state index contributed by atoms with van der Waals surface area (Å²) in [5.41, 5.74) is 1.67.